The molecule has 0 fully saturated rings. The van der Waals surface area contributed by atoms with Crippen molar-refractivity contribution < 1.29 is 0 Å². The van der Waals surface area contributed by atoms with Gasteiger partial charge in [0.05, 0.1) is 0 Å². The molecule has 0 bridgehead atoms. The van der Waals surface area contributed by atoms with E-state index in [2.05, 4.69) is 28.3 Å². The zero-order chi connectivity index (χ0) is 7.11. The van der Waals surface area contributed by atoms with Gasteiger partial charge in [-0.15, -0.1) is 0 Å². The van der Waals surface area contributed by atoms with E-state index in [1.807, 2.05) is 0 Å². The monoisotopic (exact) mass is 147 g/mol. The third-order valence-corrected chi connectivity index (χ3v) is 2.11. The Bertz CT molecular complexity index is 52.9. The molecule has 0 spiro atoms. The van der Waals surface area contributed by atoms with Crippen molar-refractivity contribution >= 4 is 9.39 Å². The van der Waals surface area contributed by atoms with Crippen molar-refractivity contribution in [2.24, 2.45) is 0 Å². The average Bonchev–Trinajstić information content (AvgIpc) is 1.91. The van der Waals surface area contributed by atoms with Gasteiger partial charge in [0.1, 0.15) is 0 Å². The highest BCUT2D eigenvalue weighted by atomic mass is 31.0. The molecule has 1 N–H and O–H groups in total. The van der Waals surface area contributed by atoms with Crippen LogP contribution in [0.4, 0.5) is 0 Å². The summed E-state index contributed by atoms with van der Waals surface area (Å²) in [6.45, 7) is 4.45. The Morgan fingerprint density at radius 3 is 2.44 bits per heavy atom. The molecule has 9 heavy (non-hydrogen) atoms. The second kappa shape index (κ2) is 6.51. The molecule has 0 heterocycles. The zero-order valence-electron chi connectivity index (χ0n) is 6.48. The molecule has 0 saturated heterocycles. The van der Waals surface area contributed by atoms with Crippen LogP contribution >= 0.6 is 9.39 Å². The fourth-order valence-electron chi connectivity index (χ4n) is 0.856. The van der Waals surface area contributed by atoms with Crippen LogP contribution in [-0.4, -0.2) is 6.04 Å². The van der Waals surface area contributed by atoms with E-state index in [0.29, 0.717) is 0 Å². The van der Waals surface area contributed by atoms with E-state index in [1.165, 1.54) is 25.7 Å². The highest BCUT2D eigenvalue weighted by Crippen LogP contribution is 2.04. The summed E-state index contributed by atoms with van der Waals surface area (Å²) in [5, 5.41) is 3.20. The maximum absolute atomic E-state index is 3.20. The number of rotatable bonds is 5. The summed E-state index contributed by atoms with van der Waals surface area (Å²) >= 11 is 0. The molecule has 0 aliphatic carbocycles. The van der Waals surface area contributed by atoms with E-state index < -0.39 is 0 Å². The van der Waals surface area contributed by atoms with E-state index in [-0.39, 0.29) is 0 Å². The van der Waals surface area contributed by atoms with Crippen LogP contribution < -0.4 is 5.09 Å². The van der Waals surface area contributed by atoms with Gasteiger partial charge in [0.25, 0.3) is 0 Å². The summed E-state index contributed by atoms with van der Waals surface area (Å²) < 4.78 is 0. The molecule has 0 aromatic carbocycles. The Hall–Kier alpha value is 0.390. The first kappa shape index (κ1) is 9.39. The minimum Gasteiger partial charge on any atom is -0.298 e. The maximum atomic E-state index is 3.20. The quantitative estimate of drug-likeness (QED) is 0.588. The summed E-state index contributed by atoms with van der Waals surface area (Å²) in [6.07, 6.45) is 5.21. The molecular formula is C7H18NP. The van der Waals surface area contributed by atoms with Gasteiger partial charge >= 0.3 is 0 Å². The Morgan fingerprint density at radius 1 is 1.44 bits per heavy atom. The molecule has 56 valence electrons. The van der Waals surface area contributed by atoms with Gasteiger partial charge < -0.3 is 0 Å². The molecule has 0 saturated carbocycles. The lowest BCUT2D eigenvalue weighted by molar-refractivity contribution is 0.534. The molecule has 0 rings (SSSR count). The molecule has 0 aliphatic rings. The van der Waals surface area contributed by atoms with Crippen molar-refractivity contribution in [3.05, 3.63) is 0 Å². The molecule has 0 aromatic heterocycles. The Balaban J connectivity index is 3.09. The third-order valence-electron chi connectivity index (χ3n) is 1.63. The van der Waals surface area contributed by atoms with Gasteiger partial charge in [-0.25, -0.2) is 0 Å². The van der Waals surface area contributed by atoms with Crippen molar-refractivity contribution in [3.63, 3.8) is 0 Å². The Labute approximate surface area is 60.9 Å². The molecule has 2 atom stereocenters. The topological polar surface area (TPSA) is 12.0 Å². The predicted octanol–water partition coefficient (Wildman–Crippen LogP) is 2.33. The minimum atomic E-state index is 0.718. The maximum Gasteiger partial charge on any atom is 0.00962 e. The van der Waals surface area contributed by atoms with Crippen LogP contribution in [0.3, 0.4) is 0 Å². The fourth-order valence-corrected chi connectivity index (χ4v) is 1.26. The van der Waals surface area contributed by atoms with E-state index >= 15 is 0 Å². The van der Waals surface area contributed by atoms with Crippen molar-refractivity contribution in [1.82, 2.24) is 5.09 Å². The SMILES string of the molecule is CCCCC(CC)NP. The van der Waals surface area contributed by atoms with Crippen LogP contribution in [-0.2, 0) is 0 Å². The molecule has 0 aliphatic heterocycles. The van der Waals surface area contributed by atoms with Gasteiger partial charge in [-0.1, -0.05) is 36.1 Å². The van der Waals surface area contributed by atoms with Gasteiger partial charge in [0.2, 0.25) is 0 Å². The number of hydrogen-bond donors (Lipinski definition) is 1. The van der Waals surface area contributed by atoms with E-state index in [0.717, 1.165) is 6.04 Å². The first-order valence-corrected chi connectivity index (χ1v) is 4.39. The van der Waals surface area contributed by atoms with Gasteiger partial charge in [-0.2, -0.15) is 0 Å². The Kier molecular flexibility index (Phi) is 6.79. The molecule has 2 unspecified atom stereocenters. The van der Waals surface area contributed by atoms with Crippen LogP contribution in [0.2, 0.25) is 0 Å². The molecule has 1 nitrogen and oxygen atoms in total. The van der Waals surface area contributed by atoms with Crippen molar-refractivity contribution in [1.29, 1.82) is 0 Å². The third kappa shape index (κ3) is 4.87. The van der Waals surface area contributed by atoms with Crippen LogP contribution in [0.1, 0.15) is 39.5 Å². The van der Waals surface area contributed by atoms with Crippen LogP contribution in [0.25, 0.3) is 0 Å². The standard InChI is InChI=1S/C7H18NP/c1-3-5-6-7(4-2)8-9/h7-8H,3-6,9H2,1-2H3. The van der Waals surface area contributed by atoms with Gasteiger partial charge in [0, 0.05) is 6.04 Å². The van der Waals surface area contributed by atoms with E-state index in [1.54, 1.807) is 0 Å². The molecule has 0 amide bonds. The Morgan fingerprint density at radius 2 is 2.11 bits per heavy atom. The van der Waals surface area contributed by atoms with E-state index in [9.17, 15) is 0 Å². The predicted molar refractivity (Wildman–Crippen MR) is 46.4 cm³/mol. The lowest BCUT2D eigenvalue weighted by Gasteiger charge is -2.11. The number of nitrogens with one attached hydrogen (secondary N) is 1. The summed E-state index contributed by atoms with van der Waals surface area (Å²) in [6, 6.07) is 0.718. The zero-order valence-corrected chi connectivity index (χ0v) is 7.64. The van der Waals surface area contributed by atoms with Crippen molar-refractivity contribution in [3.8, 4) is 0 Å². The van der Waals surface area contributed by atoms with Crippen molar-refractivity contribution in [2.45, 2.75) is 45.6 Å². The molecule has 0 radical (unpaired) electrons. The first-order valence-electron chi connectivity index (χ1n) is 3.81. The van der Waals surface area contributed by atoms with E-state index in [4.69, 9.17) is 0 Å². The highest BCUT2D eigenvalue weighted by molar-refractivity contribution is 7.13. The lowest BCUT2D eigenvalue weighted by atomic mass is 10.1. The summed E-state index contributed by atoms with van der Waals surface area (Å²) in [5.41, 5.74) is 0. The van der Waals surface area contributed by atoms with Gasteiger partial charge in [0.15, 0.2) is 0 Å². The minimum absolute atomic E-state index is 0.718. The fraction of sp³-hybridized carbons (Fsp3) is 1.00. The largest absolute Gasteiger partial charge is 0.298 e. The van der Waals surface area contributed by atoms with Crippen LogP contribution in [0.15, 0.2) is 0 Å². The summed E-state index contributed by atoms with van der Waals surface area (Å²) in [7, 11) is 2.58. The van der Waals surface area contributed by atoms with Gasteiger partial charge in [-0.3, -0.25) is 5.09 Å². The van der Waals surface area contributed by atoms with Crippen LogP contribution in [0.5, 0.6) is 0 Å². The second-order valence-corrected chi connectivity index (χ2v) is 2.75. The molecule has 2 heteroatoms. The number of hydrogen-bond acceptors (Lipinski definition) is 1. The molecule has 0 aromatic rings. The smallest absolute Gasteiger partial charge is 0.00962 e. The average molecular weight is 147 g/mol. The summed E-state index contributed by atoms with van der Waals surface area (Å²) in [4.78, 5) is 0. The van der Waals surface area contributed by atoms with Gasteiger partial charge in [-0.05, 0) is 12.8 Å². The number of unbranched alkanes of at least 4 members (excludes halogenated alkanes) is 1. The summed E-state index contributed by atoms with van der Waals surface area (Å²) in [5.74, 6) is 0. The van der Waals surface area contributed by atoms with Crippen molar-refractivity contribution in [2.75, 3.05) is 0 Å². The second-order valence-electron chi connectivity index (χ2n) is 2.41. The normalized spacial score (nSPS) is 13.7. The van der Waals surface area contributed by atoms with Crippen LogP contribution in [0, 0.1) is 0 Å². The first-order chi connectivity index (χ1) is 4.35. The lowest BCUT2D eigenvalue weighted by Crippen LogP contribution is -2.18. The highest BCUT2D eigenvalue weighted by Gasteiger charge is 1.99. The molecular weight excluding hydrogens is 129 g/mol.